The van der Waals surface area contributed by atoms with E-state index in [9.17, 15) is 4.79 Å². The molecule has 96 valence electrons. The summed E-state index contributed by atoms with van der Waals surface area (Å²) in [5.74, 6) is 0.0336. The van der Waals surface area contributed by atoms with Crippen molar-refractivity contribution in [1.29, 1.82) is 0 Å². The van der Waals surface area contributed by atoms with Gasteiger partial charge < -0.3 is 15.5 Å². The Morgan fingerprint density at radius 3 is 2.06 bits per heavy atom. The highest BCUT2D eigenvalue weighted by Crippen LogP contribution is 2.18. The van der Waals surface area contributed by atoms with E-state index in [-0.39, 0.29) is 11.3 Å². The maximum atomic E-state index is 12.0. The fourth-order valence-corrected chi connectivity index (χ4v) is 1.34. The monoisotopic (exact) mass is 229 g/mol. The van der Waals surface area contributed by atoms with Gasteiger partial charge in [-0.2, -0.15) is 0 Å². The molecule has 4 heteroatoms. The third-order valence-electron chi connectivity index (χ3n) is 2.67. The molecule has 1 amide bonds. The highest BCUT2D eigenvalue weighted by atomic mass is 16.2. The Bertz CT molecular complexity index is 221. The molecule has 0 radical (unpaired) electrons. The second-order valence-corrected chi connectivity index (χ2v) is 5.76. The van der Waals surface area contributed by atoms with E-state index in [1.165, 1.54) is 0 Å². The predicted molar refractivity (Wildman–Crippen MR) is 68.2 cm³/mol. The summed E-state index contributed by atoms with van der Waals surface area (Å²) < 4.78 is 0. The van der Waals surface area contributed by atoms with Crippen LogP contribution in [0.5, 0.6) is 0 Å². The van der Waals surface area contributed by atoms with Gasteiger partial charge >= 0.3 is 0 Å². The van der Waals surface area contributed by atoms with Gasteiger partial charge in [0.25, 0.3) is 0 Å². The average Bonchev–Trinajstić information content (AvgIpc) is 2.13. The van der Waals surface area contributed by atoms with E-state index in [4.69, 9.17) is 5.73 Å². The zero-order valence-electron chi connectivity index (χ0n) is 11.6. The van der Waals surface area contributed by atoms with Gasteiger partial charge in [0, 0.05) is 13.6 Å². The predicted octanol–water partition coefficient (Wildman–Crippen LogP) is 0.770. The standard InChI is InChI=1S/C12H27N3O/c1-12(2,3)10(13)11(16)15(6)9-7-8-14(4)5/h10H,7-9,13H2,1-6H3/t10-/m1/s1. The van der Waals surface area contributed by atoms with Crippen molar-refractivity contribution in [2.24, 2.45) is 11.1 Å². The molecule has 0 spiro atoms. The minimum absolute atomic E-state index is 0.0336. The van der Waals surface area contributed by atoms with Crippen molar-refractivity contribution in [3.63, 3.8) is 0 Å². The summed E-state index contributed by atoms with van der Waals surface area (Å²) >= 11 is 0. The summed E-state index contributed by atoms with van der Waals surface area (Å²) in [5.41, 5.74) is 5.75. The summed E-state index contributed by atoms with van der Waals surface area (Å²) in [6, 6.07) is -0.420. The minimum atomic E-state index is -0.420. The molecule has 0 aromatic rings. The van der Waals surface area contributed by atoms with Crippen molar-refractivity contribution >= 4 is 5.91 Å². The first-order valence-corrected chi connectivity index (χ1v) is 5.81. The van der Waals surface area contributed by atoms with Crippen LogP contribution in [0.3, 0.4) is 0 Å². The van der Waals surface area contributed by atoms with Crippen LogP contribution in [0.4, 0.5) is 0 Å². The van der Waals surface area contributed by atoms with Gasteiger partial charge in [-0.3, -0.25) is 4.79 Å². The number of nitrogens with zero attached hydrogens (tertiary/aromatic N) is 2. The number of hydrogen-bond donors (Lipinski definition) is 1. The lowest BCUT2D eigenvalue weighted by molar-refractivity contribution is -0.133. The second kappa shape index (κ2) is 6.21. The van der Waals surface area contributed by atoms with Crippen molar-refractivity contribution in [2.75, 3.05) is 34.2 Å². The zero-order chi connectivity index (χ0) is 12.9. The van der Waals surface area contributed by atoms with Gasteiger partial charge in [-0.25, -0.2) is 0 Å². The Morgan fingerprint density at radius 1 is 1.19 bits per heavy atom. The van der Waals surface area contributed by atoms with Crippen LogP contribution in [-0.2, 0) is 4.79 Å². The Labute approximate surface area is 99.8 Å². The molecule has 16 heavy (non-hydrogen) atoms. The number of hydrogen-bond acceptors (Lipinski definition) is 3. The molecule has 0 aliphatic rings. The molecule has 0 rings (SSSR count). The maximum absolute atomic E-state index is 12.0. The van der Waals surface area contributed by atoms with E-state index in [2.05, 4.69) is 4.90 Å². The molecular formula is C12H27N3O. The lowest BCUT2D eigenvalue weighted by atomic mass is 9.86. The molecule has 0 aliphatic carbocycles. The lowest BCUT2D eigenvalue weighted by Crippen LogP contribution is -2.49. The van der Waals surface area contributed by atoms with Crippen molar-refractivity contribution in [1.82, 2.24) is 9.80 Å². The van der Waals surface area contributed by atoms with Crippen molar-refractivity contribution in [2.45, 2.75) is 33.2 Å². The highest BCUT2D eigenvalue weighted by Gasteiger charge is 2.29. The van der Waals surface area contributed by atoms with Crippen LogP contribution in [-0.4, -0.2) is 56.0 Å². The Hall–Kier alpha value is -0.610. The van der Waals surface area contributed by atoms with E-state index in [0.29, 0.717) is 0 Å². The molecule has 1 atom stereocenters. The number of nitrogens with two attached hydrogens (primary N) is 1. The first-order valence-electron chi connectivity index (χ1n) is 5.81. The molecular weight excluding hydrogens is 202 g/mol. The van der Waals surface area contributed by atoms with Crippen LogP contribution < -0.4 is 5.73 Å². The summed E-state index contributed by atoms with van der Waals surface area (Å²) in [6.07, 6.45) is 0.978. The van der Waals surface area contributed by atoms with Crippen molar-refractivity contribution in [3.05, 3.63) is 0 Å². The van der Waals surface area contributed by atoms with Crippen LogP contribution in [0.25, 0.3) is 0 Å². The summed E-state index contributed by atoms with van der Waals surface area (Å²) in [6.45, 7) is 7.72. The Kier molecular flexibility index (Phi) is 5.97. The molecule has 0 bridgehead atoms. The highest BCUT2D eigenvalue weighted by molar-refractivity contribution is 5.82. The summed E-state index contributed by atoms with van der Waals surface area (Å²) in [7, 11) is 5.88. The van der Waals surface area contributed by atoms with E-state index < -0.39 is 6.04 Å². The van der Waals surface area contributed by atoms with Gasteiger partial charge in [0.05, 0.1) is 6.04 Å². The zero-order valence-corrected chi connectivity index (χ0v) is 11.6. The van der Waals surface area contributed by atoms with Gasteiger partial charge in [-0.15, -0.1) is 0 Å². The van der Waals surface area contributed by atoms with Crippen molar-refractivity contribution < 1.29 is 4.79 Å². The molecule has 4 nitrogen and oxygen atoms in total. The number of rotatable bonds is 5. The smallest absolute Gasteiger partial charge is 0.239 e. The molecule has 2 N–H and O–H groups in total. The van der Waals surface area contributed by atoms with Gasteiger partial charge in [-0.1, -0.05) is 20.8 Å². The number of carbonyl (C=O) groups excluding carboxylic acids is 1. The molecule has 0 fully saturated rings. The number of likely N-dealkylation sites (N-methyl/N-ethyl adjacent to an activating group) is 1. The van der Waals surface area contributed by atoms with Crippen LogP contribution in [0.2, 0.25) is 0 Å². The molecule has 0 aromatic heterocycles. The molecule has 0 unspecified atom stereocenters. The number of amides is 1. The molecule has 0 aliphatic heterocycles. The summed E-state index contributed by atoms with van der Waals surface area (Å²) in [4.78, 5) is 15.8. The Balaban J connectivity index is 4.09. The largest absolute Gasteiger partial charge is 0.344 e. The molecule has 0 saturated carbocycles. The fraction of sp³-hybridized carbons (Fsp3) is 0.917. The van der Waals surface area contributed by atoms with Gasteiger partial charge in [-0.05, 0) is 32.5 Å². The summed E-state index contributed by atoms with van der Waals surface area (Å²) in [5, 5.41) is 0. The first kappa shape index (κ1) is 15.4. The normalized spacial score (nSPS) is 14.0. The van der Waals surface area contributed by atoms with Gasteiger partial charge in [0.15, 0.2) is 0 Å². The third kappa shape index (κ3) is 5.47. The van der Waals surface area contributed by atoms with Gasteiger partial charge in [0.2, 0.25) is 5.91 Å². The molecule has 0 heterocycles. The molecule has 0 saturated heterocycles. The Morgan fingerprint density at radius 2 is 1.69 bits per heavy atom. The van der Waals surface area contributed by atoms with Crippen molar-refractivity contribution in [3.8, 4) is 0 Å². The average molecular weight is 229 g/mol. The quantitative estimate of drug-likeness (QED) is 0.757. The van der Waals surface area contributed by atoms with Crippen LogP contribution in [0, 0.1) is 5.41 Å². The SMILES string of the molecule is CN(C)CCCN(C)C(=O)[C@@H](N)C(C)(C)C. The third-order valence-corrected chi connectivity index (χ3v) is 2.67. The van der Waals surface area contributed by atoms with Gasteiger partial charge in [0.1, 0.15) is 0 Å². The lowest BCUT2D eigenvalue weighted by Gasteiger charge is -2.30. The molecule has 0 aromatic carbocycles. The van der Waals surface area contributed by atoms with Crippen LogP contribution in [0.15, 0.2) is 0 Å². The van der Waals surface area contributed by atoms with E-state index in [0.717, 1.165) is 19.5 Å². The first-order chi connectivity index (χ1) is 7.16. The minimum Gasteiger partial charge on any atom is -0.344 e. The van der Waals surface area contributed by atoms with E-state index >= 15 is 0 Å². The topological polar surface area (TPSA) is 49.6 Å². The maximum Gasteiger partial charge on any atom is 0.239 e. The van der Waals surface area contributed by atoms with Crippen LogP contribution >= 0.6 is 0 Å². The number of carbonyl (C=O) groups is 1. The van der Waals surface area contributed by atoms with Crippen LogP contribution in [0.1, 0.15) is 27.2 Å². The van der Waals surface area contributed by atoms with E-state index in [1.807, 2.05) is 41.9 Å². The fourth-order valence-electron chi connectivity index (χ4n) is 1.34. The second-order valence-electron chi connectivity index (χ2n) is 5.76. The van der Waals surface area contributed by atoms with E-state index in [1.54, 1.807) is 4.90 Å².